The fourth-order valence-corrected chi connectivity index (χ4v) is 1.54. The van der Waals surface area contributed by atoms with Crippen LogP contribution in [-0.4, -0.2) is 33.5 Å². The summed E-state index contributed by atoms with van der Waals surface area (Å²) in [5, 5.41) is -0.211. The van der Waals surface area contributed by atoms with Crippen molar-refractivity contribution in [2.45, 2.75) is 19.8 Å². The summed E-state index contributed by atoms with van der Waals surface area (Å²) in [5.74, 6) is -1.68. The third kappa shape index (κ3) is 2.41. The number of likely N-dealkylation sites (tertiary alicyclic amines) is 1. The Balaban J connectivity index is 2.55. The maximum Gasteiger partial charge on any atom is 0.246 e. The zero-order valence-corrected chi connectivity index (χ0v) is 8.43. The molecule has 0 aromatic carbocycles. The number of hydrogen-bond acceptors (Lipinski definition) is 5. The van der Waals surface area contributed by atoms with Crippen LogP contribution in [0.5, 0.6) is 0 Å². The highest BCUT2D eigenvalue weighted by Gasteiger charge is 2.34. The van der Waals surface area contributed by atoms with Gasteiger partial charge >= 0.3 is 0 Å². The summed E-state index contributed by atoms with van der Waals surface area (Å²) < 4.78 is 0. The standard InChI is InChI=1S/C8H9NO4S/c1-5(10)14-4-8(13)9-6(11)2-3-7(9)12/h2-4H2,1H3. The minimum atomic E-state index is -0.599. The summed E-state index contributed by atoms with van der Waals surface area (Å²) in [6.45, 7) is 1.32. The monoisotopic (exact) mass is 215 g/mol. The number of carbonyl (C=O) groups excluding carboxylic acids is 4. The zero-order valence-electron chi connectivity index (χ0n) is 7.61. The molecule has 0 aromatic rings. The lowest BCUT2D eigenvalue weighted by molar-refractivity contribution is -0.148. The molecule has 0 bridgehead atoms. The largest absolute Gasteiger partial charge is 0.288 e. The van der Waals surface area contributed by atoms with Crippen molar-refractivity contribution in [1.29, 1.82) is 0 Å². The molecule has 0 atom stereocenters. The van der Waals surface area contributed by atoms with Gasteiger partial charge in [-0.3, -0.25) is 19.2 Å². The topological polar surface area (TPSA) is 71.5 Å². The molecule has 0 radical (unpaired) electrons. The third-order valence-corrected chi connectivity index (χ3v) is 2.50. The second-order valence-electron chi connectivity index (χ2n) is 2.80. The van der Waals surface area contributed by atoms with E-state index in [2.05, 4.69) is 0 Å². The molecule has 0 aliphatic carbocycles. The molecule has 76 valence electrons. The van der Waals surface area contributed by atoms with Gasteiger partial charge in [-0.15, -0.1) is 0 Å². The molecular weight excluding hydrogens is 206 g/mol. The van der Waals surface area contributed by atoms with E-state index in [0.717, 1.165) is 11.8 Å². The van der Waals surface area contributed by atoms with Crippen molar-refractivity contribution in [3.63, 3.8) is 0 Å². The number of imide groups is 3. The smallest absolute Gasteiger partial charge is 0.246 e. The van der Waals surface area contributed by atoms with Crippen molar-refractivity contribution in [2.75, 3.05) is 5.75 Å². The van der Waals surface area contributed by atoms with Crippen molar-refractivity contribution in [1.82, 2.24) is 4.90 Å². The fraction of sp³-hybridized carbons (Fsp3) is 0.500. The molecule has 0 spiro atoms. The number of amides is 3. The summed E-state index contributed by atoms with van der Waals surface area (Å²) in [6, 6.07) is 0. The van der Waals surface area contributed by atoms with Gasteiger partial charge in [-0.25, -0.2) is 4.90 Å². The Morgan fingerprint density at radius 2 is 1.79 bits per heavy atom. The predicted molar refractivity (Wildman–Crippen MR) is 49.2 cm³/mol. The molecule has 0 aromatic heterocycles. The van der Waals surface area contributed by atoms with E-state index in [9.17, 15) is 19.2 Å². The third-order valence-electron chi connectivity index (χ3n) is 1.70. The Hall–Kier alpha value is -1.17. The molecule has 1 heterocycles. The van der Waals surface area contributed by atoms with Gasteiger partial charge in [0.05, 0.1) is 5.75 Å². The average molecular weight is 215 g/mol. The number of hydrogen-bond donors (Lipinski definition) is 0. The normalized spacial score (nSPS) is 16.2. The summed E-state index contributed by atoms with van der Waals surface area (Å²) >= 11 is 0.796. The molecule has 1 aliphatic rings. The number of rotatable bonds is 2. The van der Waals surface area contributed by atoms with E-state index in [-0.39, 0.29) is 23.7 Å². The van der Waals surface area contributed by atoms with Crippen LogP contribution >= 0.6 is 11.8 Å². The Kier molecular flexibility index (Phi) is 3.40. The first-order valence-corrected chi connectivity index (χ1v) is 5.03. The fourth-order valence-electron chi connectivity index (χ4n) is 1.08. The lowest BCUT2D eigenvalue weighted by Gasteiger charge is -2.09. The van der Waals surface area contributed by atoms with Gasteiger partial charge in [0.1, 0.15) is 0 Å². The van der Waals surface area contributed by atoms with E-state index in [1.165, 1.54) is 6.92 Å². The number of thioether (sulfide) groups is 1. The Bertz CT molecular complexity index is 296. The van der Waals surface area contributed by atoms with E-state index in [0.29, 0.717) is 4.90 Å². The highest BCUT2D eigenvalue weighted by atomic mass is 32.2. The quantitative estimate of drug-likeness (QED) is 0.603. The Morgan fingerprint density at radius 1 is 1.29 bits per heavy atom. The van der Waals surface area contributed by atoms with Crippen LogP contribution in [0.4, 0.5) is 0 Å². The minimum absolute atomic E-state index is 0.0926. The van der Waals surface area contributed by atoms with E-state index in [1.807, 2.05) is 0 Å². The lowest BCUT2D eigenvalue weighted by Crippen LogP contribution is -2.36. The molecule has 14 heavy (non-hydrogen) atoms. The molecule has 3 amide bonds. The van der Waals surface area contributed by atoms with E-state index in [1.54, 1.807) is 0 Å². The molecule has 1 rings (SSSR count). The average Bonchev–Trinajstić information content (AvgIpc) is 2.42. The van der Waals surface area contributed by atoms with Crippen molar-refractivity contribution in [3.05, 3.63) is 0 Å². The highest BCUT2D eigenvalue weighted by molar-refractivity contribution is 8.14. The molecule has 1 aliphatic heterocycles. The van der Waals surface area contributed by atoms with Crippen LogP contribution in [0.1, 0.15) is 19.8 Å². The van der Waals surface area contributed by atoms with Crippen molar-refractivity contribution < 1.29 is 19.2 Å². The summed E-state index contributed by atoms with van der Waals surface area (Å²) in [5.41, 5.74) is 0. The van der Waals surface area contributed by atoms with Crippen LogP contribution in [0.25, 0.3) is 0 Å². The molecule has 5 nitrogen and oxygen atoms in total. The molecule has 0 unspecified atom stereocenters. The van der Waals surface area contributed by atoms with E-state index >= 15 is 0 Å². The molecule has 0 N–H and O–H groups in total. The van der Waals surface area contributed by atoms with Crippen LogP contribution in [0, 0.1) is 0 Å². The van der Waals surface area contributed by atoms with Crippen molar-refractivity contribution in [3.8, 4) is 0 Å². The highest BCUT2D eigenvalue weighted by Crippen LogP contribution is 2.14. The maximum atomic E-state index is 11.3. The molecule has 0 saturated carbocycles. The van der Waals surface area contributed by atoms with E-state index < -0.39 is 17.7 Å². The Labute approximate surface area is 84.8 Å². The van der Waals surface area contributed by atoms with Crippen LogP contribution < -0.4 is 0 Å². The summed E-state index contributed by atoms with van der Waals surface area (Å²) in [7, 11) is 0. The van der Waals surface area contributed by atoms with Crippen molar-refractivity contribution in [2.24, 2.45) is 0 Å². The van der Waals surface area contributed by atoms with Gasteiger partial charge in [-0.1, -0.05) is 11.8 Å². The first-order chi connectivity index (χ1) is 6.52. The van der Waals surface area contributed by atoms with Gasteiger partial charge in [0.25, 0.3) is 0 Å². The first-order valence-electron chi connectivity index (χ1n) is 4.04. The van der Waals surface area contributed by atoms with Gasteiger partial charge in [0, 0.05) is 19.8 Å². The summed E-state index contributed by atoms with van der Waals surface area (Å²) in [4.78, 5) is 44.6. The van der Waals surface area contributed by atoms with Crippen LogP contribution in [0.2, 0.25) is 0 Å². The van der Waals surface area contributed by atoms with Crippen LogP contribution in [0.15, 0.2) is 0 Å². The molecule has 6 heteroatoms. The van der Waals surface area contributed by atoms with Gasteiger partial charge in [-0.2, -0.15) is 0 Å². The first kappa shape index (κ1) is 10.9. The Morgan fingerprint density at radius 3 is 2.21 bits per heavy atom. The summed E-state index contributed by atoms with van der Waals surface area (Å²) in [6.07, 6.45) is 0.185. The second-order valence-corrected chi connectivity index (χ2v) is 3.95. The van der Waals surface area contributed by atoms with Gasteiger partial charge in [-0.05, 0) is 0 Å². The predicted octanol–water partition coefficient (Wildman–Crippen LogP) is -0.0583. The van der Waals surface area contributed by atoms with Crippen molar-refractivity contribution >= 4 is 34.6 Å². The maximum absolute atomic E-state index is 11.3. The SMILES string of the molecule is CC(=O)SCC(=O)N1C(=O)CCC1=O. The second kappa shape index (κ2) is 4.36. The zero-order chi connectivity index (χ0) is 10.7. The van der Waals surface area contributed by atoms with Gasteiger partial charge in [0.15, 0.2) is 5.12 Å². The molecule has 1 fully saturated rings. The number of carbonyl (C=O) groups is 4. The van der Waals surface area contributed by atoms with Crippen LogP contribution in [-0.2, 0) is 19.2 Å². The number of nitrogens with zero attached hydrogens (tertiary/aromatic N) is 1. The molecular formula is C8H9NO4S. The van der Waals surface area contributed by atoms with Crippen LogP contribution in [0.3, 0.4) is 0 Å². The van der Waals surface area contributed by atoms with E-state index in [4.69, 9.17) is 0 Å². The molecule has 1 saturated heterocycles. The van der Waals surface area contributed by atoms with Gasteiger partial charge < -0.3 is 0 Å². The lowest BCUT2D eigenvalue weighted by atomic mass is 10.4. The van der Waals surface area contributed by atoms with Gasteiger partial charge in [0.2, 0.25) is 17.7 Å². The minimum Gasteiger partial charge on any atom is -0.288 e.